The molecule has 5 heteroatoms. The lowest BCUT2D eigenvalue weighted by molar-refractivity contribution is 0.113. The molecule has 0 aliphatic heterocycles. The molecule has 3 unspecified atom stereocenters. The van der Waals surface area contributed by atoms with Crippen molar-refractivity contribution in [3.05, 3.63) is 35.6 Å². The van der Waals surface area contributed by atoms with Crippen LogP contribution >= 0.6 is 0 Å². The molecule has 23 heavy (non-hydrogen) atoms. The Morgan fingerprint density at radius 3 is 2.57 bits per heavy atom. The molecular formula is C18H25FN2O2. The van der Waals surface area contributed by atoms with Crippen LogP contribution in [0.2, 0.25) is 0 Å². The van der Waals surface area contributed by atoms with Crippen LogP contribution in [0, 0.1) is 17.7 Å². The Morgan fingerprint density at radius 1 is 1.30 bits per heavy atom. The summed E-state index contributed by atoms with van der Waals surface area (Å²) in [6.45, 7) is 0.577. The number of hydrogen-bond donors (Lipinski definition) is 2. The van der Waals surface area contributed by atoms with E-state index in [9.17, 15) is 14.3 Å². The van der Waals surface area contributed by atoms with Crippen molar-refractivity contribution >= 4 is 6.03 Å². The van der Waals surface area contributed by atoms with Crippen LogP contribution < -0.4 is 5.32 Å². The second-order valence-corrected chi connectivity index (χ2v) is 6.95. The second-order valence-electron chi connectivity index (χ2n) is 6.95. The molecule has 2 amide bonds. The molecule has 126 valence electrons. The number of rotatable bonds is 5. The SMILES string of the molecule is CN(CC1CCCC1O)C(=O)NC(c1ccc(F)cc1)C1CC1. The molecule has 1 aromatic carbocycles. The van der Waals surface area contributed by atoms with E-state index in [1.807, 2.05) is 0 Å². The van der Waals surface area contributed by atoms with Gasteiger partial charge in [-0.15, -0.1) is 0 Å². The predicted octanol–water partition coefficient (Wildman–Crippen LogP) is 3.08. The number of hydrogen-bond acceptors (Lipinski definition) is 2. The summed E-state index contributed by atoms with van der Waals surface area (Å²) in [7, 11) is 1.77. The number of amides is 2. The van der Waals surface area contributed by atoms with E-state index < -0.39 is 0 Å². The maximum atomic E-state index is 13.1. The molecule has 2 N–H and O–H groups in total. The van der Waals surface area contributed by atoms with E-state index >= 15 is 0 Å². The number of urea groups is 1. The topological polar surface area (TPSA) is 52.6 Å². The fraction of sp³-hybridized carbons (Fsp3) is 0.611. The van der Waals surface area contributed by atoms with E-state index in [1.54, 1.807) is 24.1 Å². The Hall–Kier alpha value is -1.62. The zero-order valence-electron chi connectivity index (χ0n) is 13.5. The Morgan fingerprint density at radius 2 is 2.00 bits per heavy atom. The number of nitrogens with zero attached hydrogens (tertiary/aromatic N) is 1. The first-order valence-electron chi connectivity index (χ1n) is 8.49. The number of carbonyl (C=O) groups excluding carboxylic acids is 1. The third kappa shape index (κ3) is 4.02. The molecule has 1 aromatic rings. The quantitative estimate of drug-likeness (QED) is 0.876. The molecule has 2 aliphatic rings. The lowest BCUT2D eigenvalue weighted by Gasteiger charge is -2.27. The smallest absolute Gasteiger partial charge is 0.317 e. The van der Waals surface area contributed by atoms with Gasteiger partial charge in [-0.3, -0.25) is 0 Å². The van der Waals surface area contributed by atoms with Gasteiger partial charge in [0.15, 0.2) is 0 Å². The number of carbonyl (C=O) groups is 1. The minimum Gasteiger partial charge on any atom is -0.393 e. The predicted molar refractivity (Wildman–Crippen MR) is 86.4 cm³/mol. The number of aliphatic hydroxyl groups excluding tert-OH is 1. The van der Waals surface area contributed by atoms with Crippen LogP contribution in [0.5, 0.6) is 0 Å². The minimum absolute atomic E-state index is 0.0564. The van der Waals surface area contributed by atoms with Gasteiger partial charge in [0, 0.05) is 19.5 Å². The molecule has 2 saturated carbocycles. The summed E-state index contributed by atoms with van der Waals surface area (Å²) in [5.41, 5.74) is 0.955. The van der Waals surface area contributed by atoms with Gasteiger partial charge < -0.3 is 15.3 Å². The molecule has 2 fully saturated rings. The highest BCUT2D eigenvalue weighted by Crippen LogP contribution is 2.41. The van der Waals surface area contributed by atoms with Gasteiger partial charge in [0.25, 0.3) is 0 Å². The van der Waals surface area contributed by atoms with Gasteiger partial charge >= 0.3 is 6.03 Å². The highest BCUT2D eigenvalue weighted by molar-refractivity contribution is 5.74. The van der Waals surface area contributed by atoms with Gasteiger partial charge in [0.05, 0.1) is 12.1 Å². The first-order valence-corrected chi connectivity index (χ1v) is 8.49. The van der Waals surface area contributed by atoms with Crippen LogP contribution in [-0.4, -0.2) is 35.7 Å². The first kappa shape index (κ1) is 16.2. The van der Waals surface area contributed by atoms with Crippen molar-refractivity contribution < 1.29 is 14.3 Å². The van der Waals surface area contributed by atoms with Crippen molar-refractivity contribution in [1.29, 1.82) is 0 Å². The molecule has 3 atom stereocenters. The molecular weight excluding hydrogens is 295 g/mol. The van der Waals surface area contributed by atoms with Gasteiger partial charge in [-0.1, -0.05) is 18.6 Å². The van der Waals surface area contributed by atoms with Crippen molar-refractivity contribution in [2.75, 3.05) is 13.6 Å². The Kier molecular flexibility index (Phi) is 4.85. The molecule has 0 bridgehead atoms. The van der Waals surface area contributed by atoms with Crippen molar-refractivity contribution in [3.8, 4) is 0 Å². The Balaban J connectivity index is 1.60. The van der Waals surface area contributed by atoms with Crippen LogP contribution in [0.3, 0.4) is 0 Å². The first-order chi connectivity index (χ1) is 11.0. The second kappa shape index (κ2) is 6.87. The van der Waals surface area contributed by atoms with Gasteiger partial charge in [-0.2, -0.15) is 0 Å². The van der Waals surface area contributed by atoms with Crippen molar-refractivity contribution in [2.45, 2.75) is 44.2 Å². The molecule has 3 rings (SSSR count). The van der Waals surface area contributed by atoms with Crippen molar-refractivity contribution in [3.63, 3.8) is 0 Å². The summed E-state index contributed by atoms with van der Waals surface area (Å²) in [5.74, 6) is 0.354. The van der Waals surface area contributed by atoms with Crippen molar-refractivity contribution in [2.24, 2.45) is 11.8 Å². The highest BCUT2D eigenvalue weighted by atomic mass is 19.1. The third-order valence-corrected chi connectivity index (χ3v) is 5.08. The monoisotopic (exact) mass is 320 g/mol. The molecule has 0 heterocycles. The minimum atomic E-state index is -0.290. The summed E-state index contributed by atoms with van der Waals surface area (Å²) in [6.07, 6.45) is 4.73. The average molecular weight is 320 g/mol. The summed E-state index contributed by atoms with van der Waals surface area (Å²) in [5, 5.41) is 13.0. The lowest BCUT2D eigenvalue weighted by Crippen LogP contribution is -2.43. The lowest BCUT2D eigenvalue weighted by atomic mass is 10.0. The standard InChI is InChI=1S/C18H25FN2O2/c1-21(11-14-3-2-4-16(14)22)18(23)20-17(12-5-6-12)13-7-9-15(19)10-8-13/h7-10,12,14,16-17,22H,2-6,11H2,1H3,(H,20,23). The van der Waals surface area contributed by atoms with Gasteiger partial charge in [0.1, 0.15) is 5.82 Å². The van der Waals surface area contributed by atoms with Crippen LogP contribution in [0.25, 0.3) is 0 Å². The zero-order valence-corrected chi connectivity index (χ0v) is 13.5. The molecule has 0 saturated heterocycles. The summed E-state index contributed by atoms with van der Waals surface area (Å²) >= 11 is 0. The zero-order chi connectivity index (χ0) is 16.4. The van der Waals surface area contributed by atoms with E-state index in [2.05, 4.69) is 5.32 Å². The van der Waals surface area contributed by atoms with E-state index in [0.717, 1.165) is 37.7 Å². The molecule has 2 aliphatic carbocycles. The average Bonchev–Trinajstić information content (AvgIpc) is 3.30. The maximum Gasteiger partial charge on any atom is 0.317 e. The van der Waals surface area contributed by atoms with Crippen LogP contribution in [0.1, 0.15) is 43.7 Å². The highest BCUT2D eigenvalue weighted by Gasteiger charge is 2.34. The van der Waals surface area contributed by atoms with E-state index in [-0.39, 0.29) is 29.9 Å². The van der Waals surface area contributed by atoms with E-state index in [4.69, 9.17) is 0 Å². The van der Waals surface area contributed by atoms with Gasteiger partial charge in [-0.25, -0.2) is 9.18 Å². The Bertz CT molecular complexity index is 544. The van der Waals surface area contributed by atoms with E-state index in [1.165, 1.54) is 12.1 Å². The maximum absolute atomic E-state index is 13.1. The fourth-order valence-electron chi connectivity index (χ4n) is 3.48. The fourth-order valence-corrected chi connectivity index (χ4v) is 3.48. The largest absolute Gasteiger partial charge is 0.393 e. The number of benzene rings is 1. The van der Waals surface area contributed by atoms with Crippen LogP contribution in [-0.2, 0) is 0 Å². The molecule has 4 nitrogen and oxygen atoms in total. The summed E-state index contributed by atoms with van der Waals surface area (Å²) < 4.78 is 13.1. The van der Waals surface area contributed by atoms with E-state index in [0.29, 0.717) is 12.5 Å². The van der Waals surface area contributed by atoms with Gasteiger partial charge in [0.2, 0.25) is 0 Å². The molecule has 0 spiro atoms. The molecule has 0 aromatic heterocycles. The van der Waals surface area contributed by atoms with Crippen LogP contribution in [0.4, 0.5) is 9.18 Å². The Labute approximate surface area is 136 Å². The normalized spacial score (nSPS) is 25.2. The van der Waals surface area contributed by atoms with Crippen LogP contribution in [0.15, 0.2) is 24.3 Å². The number of aliphatic hydroxyl groups is 1. The number of halogens is 1. The molecule has 0 radical (unpaired) electrons. The van der Waals surface area contributed by atoms with Gasteiger partial charge in [-0.05, 0) is 49.3 Å². The summed E-state index contributed by atoms with van der Waals surface area (Å²) in [6, 6.07) is 6.20. The number of nitrogens with one attached hydrogen (secondary N) is 1. The summed E-state index contributed by atoms with van der Waals surface area (Å²) in [4.78, 5) is 14.1. The van der Waals surface area contributed by atoms with Crippen molar-refractivity contribution in [1.82, 2.24) is 10.2 Å². The third-order valence-electron chi connectivity index (χ3n) is 5.08.